The van der Waals surface area contributed by atoms with Crippen LogP contribution in [0.3, 0.4) is 0 Å². The molecule has 1 aromatic carbocycles. The van der Waals surface area contributed by atoms with E-state index < -0.39 is 0 Å². The lowest BCUT2D eigenvalue weighted by atomic mass is 9.56. The van der Waals surface area contributed by atoms with Crippen LogP contribution in [0.2, 0.25) is 0 Å². The van der Waals surface area contributed by atoms with Crippen LogP contribution in [0.4, 0.5) is 4.39 Å². The van der Waals surface area contributed by atoms with Gasteiger partial charge in [0.05, 0.1) is 0 Å². The molecule has 0 aromatic heterocycles. The number of rotatable bonds is 8. The number of hydrogen-bond donors (Lipinski definition) is 0. The average molecular weight is 453 g/mol. The first-order valence-corrected chi connectivity index (χ1v) is 14.6. The summed E-state index contributed by atoms with van der Waals surface area (Å²) in [6, 6.07) is 6.25. The van der Waals surface area contributed by atoms with Gasteiger partial charge in [-0.2, -0.15) is 0 Å². The molecule has 0 heterocycles. The first-order valence-electron chi connectivity index (χ1n) is 14.6. The standard InChI is InChI=1S/C32H49F/c1-4-9-25-13-15-27(16-14-25)30-18-17-28(23-31(30)33)24(3)32(29-11-7-6-8-12-29)21-19-26(10-5-2)20-22-32/h17-18,23,25-27,29H,3-16,19-22H2,1-2H3. The summed E-state index contributed by atoms with van der Waals surface area (Å²) in [7, 11) is 0. The van der Waals surface area contributed by atoms with Crippen molar-refractivity contribution in [2.24, 2.45) is 23.2 Å². The third-order valence-corrected chi connectivity index (χ3v) is 10.0. The number of benzene rings is 1. The van der Waals surface area contributed by atoms with E-state index in [4.69, 9.17) is 6.58 Å². The Morgan fingerprint density at radius 1 is 0.848 bits per heavy atom. The summed E-state index contributed by atoms with van der Waals surface area (Å²) in [5.41, 5.74) is 3.54. The molecule has 33 heavy (non-hydrogen) atoms. The highest BCUT2D eigenvalue weighted by Crippen LogP contribution is 2.56. The quantitative estimate of drug-likeness (QED) is 0.368. The molecule has 0 saturated heterocycles. The molecular weight excluding hydrogens is 403 g/mol. The summed E-state index contributed by atoms with van der Waals surface area (Å²) in [5, 5.41) is 0. The predicted molar refractivity (Wildman–Crippen MR) is 141 cm³/mol. The lowest BCUT2D eigenvalue weighted by Gasteiger charge is -2.49. The monoisotopic (exact) mass is 452 g/mol. The second-order valence-electron chi connectivity index (χ2n) is 11.9. The molecule has 0 N–H and O–H groups in total. The molecule has 1 aromatic rings. The Hall–Kier alpha value is -1.11. The molecule has 0 atom stereocenters. The molecule has 3 aliphatic rings. The minimum absolute atomic E-state index is 0.0334. The third kappa shape index (κ3) is 5.59. The summed E-state index contributed by atoms with van der Waals surface area (Å²) in [4.78, 5) is 0. The maximum atomic E-state index is 15.5. The van der Waals surface area contributed by atoms with Crippen molar-refractivity contribution >= 4 is 5.57 Å². The largest absolute Gasteiger partial charge is 0.207 e. The van der Waals surface area contributed by atoms with Crippen molar-refractivity contribution in [2.75, 3.05) is 0 Å². The van der Waals surface area contributed by atoms with Crippen LogP contribution < -0.4 is 0 Å². The molecule has 0 unspecified atom stereocenters. The van der Waals surface area contributed by atoms with E-state index in [2.05, 4.69) is 26.0 Å². The van der Waals surface area contributed by atoms with Crippen LogP contribution >= 0.6 is 0 Å². The van der Waals surface area contributed by atoms with Crippen LogP contribution in [0.1, 0.15) is 140 Å². The van der Waals surface area contributed by atoms with Gasteiger partial charge in [-0.15, -0.1) is 0 Å². The van der Waals surface area contributed by atoms with E-state index >= 15 is 4.39 Å². The van der Waals surface area contributed by atoms with E-state index in [0.29, 0.717) is 5.92 Å². The Morgan fingerprint density at radius 2 is 1.45 bits per heavy atom. The minimum atomic E-state index is 0.0334. The van der Waals surface area contributed by atoms with Gasteiger partial charge in [0.25, 0.3) is 0 Å². The Balaban J connectivity index is 1.51. The molecule has 3 fully saturated rings. The average Bonchev–Trinajstić information content (AvgIpc) is 2.86. The first kappa shape index (κ1) is 25.0. The first-order chi connectivity index (χ1) is 16.1. The Morgan fingerprint density at radius 3 is 2.03 bits per heavy atom. The maximum absolute atomic E-state index is 15.5. The number of hydrogen-bond acceptors (Lipinski definition) is 0. The van der Waals surface area contributed by atoms with Gasteiger partial charge < -0.3 is 0 Å². The fourth-order valence-electron chi connectivity index (χ4n) is 8.01. The van der Waals surface area contributed by atoms with E-state index in [9.17, 15) is 0 Å². The fraction of sp³-hybridized carbons (Fsp3) is 0.750. The van der Waals surface area contributed by atoms with Gasteiger partial charge in [-0.3, -0.25) is 0 Å². The van der Waals surface area contributed by atoms with Crippen molar-refractivity contribution in [3.05, 3.63) is 41.7 Å². The Bertz CT molecular complexity index is 755. The third-order valence-electron chi connectivity index (χ3n) is 10.0. The highest BCUT2D eigenvalue weighted by atomic mass is 19.1. The van der Waals surface area contributed by atoms with Crippen molar-refractivity contribution in [2.45, 2.75) is 129 Å². The Kier molecular flexibility index (Phi) is 8.75. The summed E-state index contributed by atoms with van der Waals surface area (Å²) in [5.74, 6) is 2.95. The molecule has 184 valence electrons. The molecule has 0 aliphatic heterocycles. The molecule has 0 nitrogen and oxygen atoms in total. The van der Waals surface area contributed by atoms with Gasteiger partial charge in [0.15, 0.2) is 0 Å². The molecule has 4 rings (SSSR count). The van der Waals surface area contributed by atoms with Crippen LogP contribution in [0.5, 0.6) is 0 Å². The lowest BCUT2D eigenvalue weighted by molar-refractivity contribution is 0.103. The van der Waals surface area contributed by atoms with Crippen LogP contribution in [-0.2, 0) is 0 Å². The van der Waals surface area contributed by atoms with Gasteiger partial charge in [-0.05, 0) is 116 Å². The second-order valence-corrected chi connectivity index (χ2v) is 11.9. The van der Waals surface area contributed by atoms with Gasteiger partial charge >= 0.3 is 0 Å². The normalized spacial score (nSPS) is 31.4. The Labute approximate surface area is 203 Å². The molecule has 0 spiro atoms. The summed E-state index contributed by atoms with van der Waals surface area (Å²) < 4.78 is 15.5. The number of halogens is 1. The maximum Gasteiger partial charge on any atom is 0.127 e. The predicted octanol–water partition coefficient (Wildman–Crippen LogP) is 10.5. The van der Waals surface area contributed by atoms with Crippen LogP contribution in [-0.4, -0.2) is 0 Å². The van der Waals surface area contributed by atoms with E-state index in [1.165, 1.54) is 102 Å². The SMILES string of the molecule is C=C(c1ccc(C2CCC(CCC)CC2)c(F)c1)C1(C2CCCCC2)CCC(CCC)CC1. The topological polar surface area (TPSA) is 0 Å². The second kappa shape index (κ2) is 11.5. The van der Waals surface area contributed by atoms with Crippen molar-refractivity contribution < 1.29 is 4.39 Å². The molecular formula is C32H49F. The zero-order valence-electron chi connectivity index (χ0n) is 21.6. The molecule has 0 radical (unpaired) electrons. The van der Waals surface area contributed by atoms with Gasteiger partial charge in [-0.1, -0.05) is 77.5 Å². The summed E-state index contributed by atoms with van der Waals surface area (Å²) >= 11 is 0. The van der Waals surface area contributed by atoms with Crippen LogP contribution in [0.15, 0.2) is 24.8 Å². The van der Waals surface area contributed by atoms with E-state index in [1.807, 2.05) is 6.07 Å². The van der Waals surface area contributed by atoms with E-state index in [1.54, 1.807) is 0 Å². The van der Waals surface area contributed by atoms with Crippen molar-refractivity contribution in [3.63, 3.8) is 0 Å². The molecule has 3 saturated carbocycles. The van der Waals surface area contributed by atoms with Crippen molar-refractivity contribution in [1.29, 1.82) is 0 Å². The number of allylic oxidation sites excluding steroid dienone is 1. The highest BCUT2D eigenvalue weighted by molar-refractivity contribution is 5.69. The van der Waals surface area contributed by atoms with Gasteiger partial charge in [0.1, 0.15) is 5.82 Å². The minimum Gasteiger partial charge on any atom is -0.207 e. The van der Waals surface area contributed by atoms with Crippen LogP contribution in [0, 0.1) is 29.0 Å². The zero-order chi connectivity index (χ0) is 23.3. The molecule has 0 bridgehead atoms. The zero-order valence-corrected chi connectivity index (χ0v) is 21.6. The van der Waals surface area contributed by atoms with E-state index in [-0.39, 0.29) is 11.2 Å². The van der Waals surface area contributed by atoms with Gasteiger partial charge in [-0.25, -0.2) is 4.39 Å². The lowest BCUT2D eigenvalue weighted by Crippen LogP contribution is -2.37. The van der Waals surface area contributed by atoms with E-state index in [0.717, 1.165) is 41.7 Å². The fourth-order valence-corrected chi connectivity index (χ4v) is 8.01. The van der Waals surface area contributed by atoms with Gasteiger partial charge in [0.2, 0.25) is 0 Å². The molecule has 1 heteroatoms. The summed E-state index contributed by atoms with van der Waals surface area (Å²) in [6.07, 6.45) is 22.2. The van der Waals surface area contributed by atoms with Crippen LogP contribution in [0.25, 0.3) is 5.57 Å². The highest BCUT2D eigenvalue weighted by Gasteiger charge is 2.44. The smallest absolute Gasteiger partial charge is 0.127 e. The molecule has 3 aliphatic carbocycles. The van der Waals surface area contributed by atoms with Crippen molar-refractivity contribution in [1.82, 2.24) is 0 Å². The van der Waals surface area contributed by atoms with Gasteiger partial charge in [0, 0.05) is 0 Å². The van der Waals surface area contributed by atoms with Crippen molar-refractivity contribution in [3.8, 4) is 0 Å². The summed E-state index contributed by atoms with van der Waals surface area (Å²) in [6.45, 7) is 9.32. The molecule has 0 amide bonds.